The third-order valence-electron chi connectivity index (χ3n) is 3.07. The number of hydrogen-bond donors (Lipinski definition) is 2. The van der Waals surface area contributed by atoms with Crippen molar-refractivity contribution >= 4 is 17.5 Å². The van der Waals surface area contributed by atoms with Gasteiger partial charge in [-0.1, -0.05) is 0 Å². The molecule has 2 aliphatic heterocycles. The van der Waals surface area contributed by atoms with Crippen LogP contribution in [0.15, 0.2) is 0 Å². The second-order valence-corrected chi connectivity index (χ2v) is 4.20. The highest BCUT2D eigenvalue weighted by Gasteiger charge is 2.54. The Kier molecular flexibility index (Phi) is 3.37. The number of nitrogens with zero attached hydrogens (tertiary/aromatic N) is 1. The van der Waals surface area contributed by atoms with Gasteiger partial charge in [0.25, 0.3) is 0 Å². The molecular formula is C9H14ClNO5. The summed E-state index contributed by atoms with van der Waals surface area (Å²) in [6, 6.07) is -0.699. The van der Waals surface area contributed by atoms with Crippen LogP contribution in [0.1, 0.15) is 0 Å². The Morgan fingerprint density at radius 1 is 1.56 bits per heavy atom. The fourth-order valence-electron chi connectivity index (χ4n) is 2.29. The zero-order chi connectivity index (χ0) is 11.9. The van der Waals surface area contributed by atoms with E-state index in [1.54, 1.807) is 0 Å². The van der Waals surface area contributed by atoms with E-state index in [1.807, 2.05) is 0 Å². The van der Waals surface area contributed by atoms with E-state index in [0.29, 0.717) is 0 Å². The molecule has 2 N–H and O–H groups in total. The summed E-state index contributed by atoms with van der Waals surface area (Å²) in [5.74, 6) is -0.507. The van der Waals surface area contributed by atoms with Gasteiger partial charge >= 0.3 is 0 Å². The van der Waals surface area contributed by atoms with E-state index in [4.69, 9.17) is 21.1 Å². The number of methoxy groups -OCH3 is 1. The van der Waals surface area contributed by atoms with Crippen LogP contribution in [0.5, 0.6) is 0 Å². The maximum Gasteiger partial charge on any atom is 0.238 e. The summed E-state index contributed by atoms with van der Waals surface area (Å²) in [7, 11) is 1.40. The smallest absolute Gasteiger partial charge is 0.238 e. The number of rotatable bonds is 2. The van der Waals surface area contributed by atoms with Crippen LogP contribution in [-0.2, 0) is 14.3 Å². The molecule has 92 valence electrons. The van der Waals surface area contributed by atoms with Crippen molar-refractivity contribution in [2.45, 2.75) is 30.6 Å². The van der Waals surface area contributed by atoms with Gasteiger partial charge in [-0.25, -0.2) is 0 Å². The van der Waals surface area contributed by atoms with Crippen molar-refractivity contribution in [2.24, 2.45) is 0 Å². The highest BCUT2D eigenvalue weighted by atomic mass is 35.5. The monoisotopic (exact) mass is 251 g/mol. The minimum absolute atomic E-state index is 0.180. The predicted octanol–water partition coefficient (Wildman–Crippen LogP) is -1.47. The molecular weight excluding hydrogens is 238 g/mol. The maximum atomic E-state index is 11.5. The molecule has 7 heteroatoms. The Hall–Kier alpha value is -0.400. The van der Waals surface area contributed by atoms with E-state index in [-0.39, 0.29) is 18.3 Å². The van der Waals surface area contributed by atoms with Gasteiger partial charge in [0.15, 0.2) is 6.29 Å². The van der Waals surface area contributed by atoms with Gasteiger partial charge in [-0.2, -0.15) is 0 Å². The predicted molar refractivity (Wildman–Crippen MR) is 53.9 cm³/mol. The normalized spacial score (nSPS) is 42.5. The molecule has 0 aromatic rings. The lowest BCUT2D eigenvalue weighted by molar-refractivity contribution is -0.248. The Bertz CT molecular complexity index is 289. The summed E-state index contributed by atoms with van der Waals surface area (Å²) >= 11 is 5.46. The number of hydrogen-bond acceptors (Lipinski definition) is 5. The van der Waals surface area contributed by atoms with Gasteiger partial charge in [0.05, 0.1) is 12.6 Å². The molecule has 0 spiro atoms. The van der Waals surface area contributed by atoms with Crippen molar-refractivity contribution in [1.29, 1.82) is 0 Å². The highest BCUT2D eigenvalue weighted by Crippen LogP contribution is 2.32. The number of halogens is 1. The lowest BCUT2D eigenvalue weighted by Gasteiger charge is -2.36. The van der Waals surface area contributed by atoms with Crippen molar-refractivity contribution < 1.29 is 24.5 Å². The lowest BCUT2D eigenvalue weighted by atomic mass is 10.0. The third-order valence-corrected chi connectivity index (χ3v) is 3.30. The van der Waals surface area contributed by atoms with Gasteiger partial charge in [-0.05, 0) is 0 Å². The summed E-state index contributed by atoms with van der Waals surface area (Å²) in [6.07, 6.45) is -3.29. The Labute approximate surface area is 97.7 Å². The van der Waals surface area contributed by atoms with Crippen LogP contribution in [0.4, 0.5) is 0 Å². The number of likely N-dealkylation sites (tertiary alicyclic amines) is 1. The first kappa shape index (κ1) is 12.1. The minimum atomic E-state index is -1.06. The number of fused-ring (bicyclic) bond motifs is 2. The molecule has 0 saturated carbocycles. The van der Waals surface area contributed by atoms with E-state index in [0.717, 1.165) is 0 Å². The summed E-state index contributed by atoms with van der Waals surface area (Å²) in [6.45, 7) is 0.230. The number of carbonyl (C=O) groups is 1. The van der Waals surface area contributed by atoms with E-state index in [2.05, 4.69) is 0 Å². The molecule has 0 unspecified atom stereocenters. The highest BCUT2D eigenvalue weighted by molar-refractivity contribution is 6.27. The number of alkyl halides is 1. The largest absolute Gasteiger partial charge is 0.388 e. The summed E-state index contributed by atoms with van der Waals surface area (Å²) in [5, 5.41) is 19.7. The first-order valence-corrected chi connectivity index (χ1v) is 5.53. The van der Waals surface area contributed by atoms with Crippen molar-refractivity contribution in [1.82, 2.24) is 4.90 Å². The van der Waals surface area contributed by atoms with E-state index >= 15 is 0 Å². The van der Waals surface area contributed by atoms with E-state index in [9.17, 15) is 15.0 Å². The van der Waals surface area contributed by atoms with Crippen molar-refractivity contribution in [3.05, 3.63) is 0 Å². The van der Waals surface area contributed by atoms with Crippen LogP contribution in [0.2, 0.25) is 0 Å². The summed E-state index contributed by atoms with van der Waals surface area (Å²) in [4.78, 5) is 12.9. The zero-order valence-corrected chi connectivity index (χ0v) is 9.50. The second-order valence-electron chi connectivity index (χ2n) is 3.93. The molecule has 5 atom stereocenters. The number of carbonyl (C=O) groups excluding carboxylic acids is 1. The summed E-state index contributed by atoms with van der Waals surface area (Å²) < 4.78 is 10.3. The molecule has 2 saturated heterocycles. The van der Waals surface area contributed by atoms with Gasteiger partial charge in [-0.15, -0.1) is 11.6 Å². The van der Waals surface area contributed by atoms with E-state index < -0.39 is 30.6 Å². The Balaban J connectivity index is 2.20. The number of aliphatic hydroxyl groups excluding tert-OH is 2. The van der Waals surface area contributed by atoms with Gasteiger partial charge in [0.1, 0.15) is 24.2 Å². The standard InChI is InChI=1S/C9H14ClNO5/c1-15-9-8(14)6-7(13)4(16-9)3-11(6)5(12)2-10/h4,6-9,13-14H,2-3H2,1H3/t4-,6+,7-,8+,9+/m1/s1. The maximum absolute atomic E-state index is 11.5. The topological polar surface area (TPSA) is 79.2 Å². The molecule has 0 aliphatic carbocycles. The van der Waals surface area contributed by atoms with Crippen LogP contribution in [0.25, 0.3) is 0 Å². The van der Waals surface area contributed by atoms with Crippen molar-refractivity contribution in [3.63, 3.8) is 0 Å². The molecule has 0 aromatic heterocycles. The quantitative estimate of drug-likeness (QED) is 0.586. The molecule has 16 heavy (non-hydrogen) atoms. The first-order chi connectivity index (χ1) is 7.60. The van der Waals surface area contributed by atoms with Crippen LogP contribution >= 0.6 is 11.6 Å². The molecule has 0 radical (unpaired) electrons. The third kappa shape index (κ3) is 1.70. The Morgan fingerprint density at radius 2 is 2.25 bits per heavy atom. The molecule has 1 amide bonds. The lowest BCUT2D eigenvalue weighted by Crippen LogP contribution is -2.57. The van der Waals surface area contributed by atoms with Crippen LogP contribution in [0.3, 0.4) is 0 Å². The molecule has 6 nitrogen and oxygen atoms in total. The average molecular weight is 252 g/mol. The molecule has 2 bridgehead atoms. The van der Waals surface area contributed by atoms with Crippen LogP contribution in [0, 0.1) is 0 Å². The molecule has 2 aliphatic rings. The van der Waals surface area contributed by atoms with E-state index in [1.165, 1.54) is 12.0 Å². The van der Waals surface area contributed by atoms with Crippen molar-refractivity contribution in [2.75, 3.05) is 19.5 Å². The van der Waals surface area contributed by atoms with Gasteiger partial charge < -0.3 is 24.6 Å². The van der Waals surface area contributed by atoms with Gasteiger partial charge in [0.2, 0.25) is 5.91 Å². The zero-order valence-electron chi connectivity index (χ0n) is 8.75. The molecule has 2 rings (SSSR count). The molecule has 2 fully saturated rings. The SMILES string of the molecule is CO[C@H]1O[C@@H]2CN(C(=O)CCl)[C@H]([C@@H]1O)[C@@H]2O. The van der Waals surface area contributed by atoms with Gasteiger partial charge in [0, 0.05) is 7.11 Å². The van der Waals surface area contributed by atoms with Crippen LogP contribution in [-0.4, -0.2) is 71.2 Å². The minimum Gasteiger partial charge on any atom is -0.388 e. The average Bonchev–Trinajstić information content (AvgIpc) is 2.51. The Morgan fingerprint density at radius 3 is 2.81 bits per heavy atom. The summed E-state index contributed by atoms with van der Waals surface area (Å²) in [5.41, 5.74) is 0. The second kappa shape index (κ2) is 4.46. The first-order valence-electron chi connectivity index (χ1n) is 5.00. The number of aliphatic hydroxyl groups is 2. The fourth-order valence-corrected chi connectivity index (χ4v) is 2.44. The fraction of sp³-hybridized carbons (Fsp3) is 0.889. The number of ether oxygens (including phenoxy) is 2. The van der Waals surface area contributed by atoms with Crippen molar-refractivity contribution in [3.8, 4) is 0 Å². The van der Waals surface area contributed by atoms with Gasteiger partial charge in [-0.3, -0.25) is 4.79 Å². The number of amides is 1. The molecule has 0 aromatic carbocycles. The van der Waals surface area contributed by atoms with Crippen LogP contribution < -0.4 is 0 Å². The molecule has 2 heterocycles.